The summed E-state index contributed by atoms with van der Waals surface area (Å²) in [6.07, 6.45) is -1.04. The quantitative estimate of drug-likeness (QED) is 0.670. The van der Waals surface area contributed by atoms with Crippen LogP contribution in [-0.4, -0.2) is 26.7 Å². The van der Waals surface area contributed by atoms with Gasteiger partial charge in [0.1, 0.15) is 19.3 Å². The molecule has 0 radical (unpaired) electrons. The van der Waals surface area contributed by atoms with E-state index in [4.69, 9.17) is 9.47 Å². The summed E-state index contributed by atoms with van der Waals surface area (Å²) in [6, 6.07) is 18.8. The van der Waals surface area contributed by atoms with E-state index in [1.54, 1.807) is 48.5 Å². The molecule has 0 amide bonds. The third kappa shape index (κ3) is 4.06. The molecule has 1 heterocycles. The maximum absolute atomic E-state index is 12.9. The molecule has 0 aliphatic carbocycles. The van der Waals surface area contributed by atoms with Crippen molar-refractivity contribution in [3.05, 3.63) is 83.4 Å². The Morgan fingerprint density at radius 3 is 2.21 bits per heavy atom. The normalized spacial score (nSPS) is 14.3. The molecule has 0 aromatic heterocycles. The number of anilines is 1. The van der Waals surface area contributed by atoms with E-state index >= 15 is 0 Å². The van der Waals surface area contributed by atoms with Crippen molar-refractivity contribution in [2.45, 2.75) is 17.9 Å². The molecule has 1 aliphatic rings. The lowest BCUT2D eigenvalue weighted by molar-refractivity contribution is 0.170. The van der Waals surface area contributed by atoms with Crippen molar-refractivity contribution < 1.29 is 23.0 Å². The first-order chi connectivity index (χ1) is 13.9. The second-order valence-corrected chi connectivity index (χ2v) is 8.50. The second-order valence-electron chi connectivity index (χ2n) is 6.81. The number of nitrogens with one attached hydrogen (secondary N) is 1. The Bertz CT molecular complexity index is 1110. The van der Waals surface area contributed by atoms with Crippen molar-refractivity contribution >= 4 is 15.7 Å². The van der Waals surface area contributed by atoms with Gasteiger partial charge in [0.05, 0.1) is 10.6 Å². The van der Waals surface area contributed by atoms with E-state index in [9.17, 15) is 13.5 Å². The molecule has 6 nitrogen and oxygen atoms in total. The molecule has 0 bridgehead atoms. The van der Waals surface area contributed by atoms with Gasteiger partial charge < -0.3 is 14.6 Å². The molecule has 0 spiro atoms. The van der Waals surface area contributed by atoms with Crippen molar-refractivity contribution in [2.24, 2.45) is 0 Å². The highest BCUT2D eigenvalue weighted by atomic mass is 32.2. The molecule has 0 fully saturated rings. The number of hydrogen-bond acceptors (Lipinski definition) is 5. The minimum Gasteiger partial charge on any atom is -0.486 e. The van der Waals surface area contributed by atoms with Crippen LogP contribution in [0.5, 0.6) is 11.5 Å². The zero-order valence-corrected chi connectivity index (χ0v) is 16.6. The highest BCUT2D eigenvalue weighted by Crippen LogP contribution is 2.40. The Hall–Kier alpha value is -3.03. The fourth-order valence-corrected chi connectivity index (χ4v) is 4.23. The number of fused-ring (bicyclic) bond motifs is 1. The van der Waals surface area contributed by atoms with Crippen LogP contribution in [0.3, 0.4) is 0 Å². The monoisotopic (exact) mass is 411 g/mol. The van der Waals surface area contributed by atoms with Gasteiger partial charge >= 0.3 is 0 Å². The lowest BCUT2D eigenvalue weighted by atomic mass is 9.99. The first-order valence-corrected chi connectivity index (χ1v) is 10.7. The highest BCUT2D eigenvalue weighted by molar-refractivity contribution is 7.92. The maximum atomic E-state index is 12.9. The zero-order valence-electron chi connectivity index (χ0n) is 15.8. The van der Waals surface area contributed by atoms with Crippen LogP contribution in [0.2, 0.25) is 0 Å². The maximum Gasteiger partial charge on any atom is 0.261 e. The summed E-state index contributed by atoms with van der Waals surface area (Å²) in [7, 11) is -3.85. The van der Waals surface area contributed by atoms with Crippen LogP contribution in [-0.2, 0) is 10.0 Å². The predicted molar refractivity (Wildman–Crippen MR) is 110 cm³/mol. The van der Waals surface area contributed by atoms with Crippen LogP contribution >= 0.6 is 0 Å². The molecule has 29 heavy (non-hydrogen) atoms. The van der Waals surface area contributed by atoms with Crippen molar-refractivity contribution in [1.29, 1.82) is 0 Å². The van der Waals surface area contributed by atoms with E-state index in [0.29, 0.717) is 35.8 Å². The second kappa shape index (κ2) is 7.77. The van der Waals surface area contributed by atoms with Crippen LogP contribution < -0.4 is 14.2 Å². The highest BCUT2D eigenvalue weighted by Gasteiger charge is 2.24. The smallest absolute Gasteiger partial charge is 0.261 e. The number of aliphatic hydroxyl groups excluding tert-OH is 1. The Kier molecular flexibility index (Phi) is 5.17. The summed E-state index contributed by atoms with van der Waals surface area (Å²) < 4.78 is 39.7. The summed E-state index contributed by atoms with van der Waals surface area (Å²) >= 11 is 0. The number of rotatable bonds is 5. The first kappa shape index (κ1) is 19.3. The van der Waals surface area contributed by atoms with Gasteiger partial charge in [0.2, 0.25) is 0 Å². The fourth-order valence-electron chi connectivity index (χ4n) is 3.16. The number of hydrogen-bond donors (Lipinski definition) is 2. The molecular formula is C22H21NO5S. The first-order valence-electron chi connectivity index (χ1n) is 9.20. The average molecular weight is 411 g/mol. The fraction of sp³-hybridized carbons (Fsp3) is 0.182. The van der Waals surface area contributed by atoms with Crippen LogP contribution in [0.4, 0.5) is 5.69 Å². The molecule has 0 unspecified atom stereocenters. The SMILES string of the molecule is Cc1ccc(S(=O)(=O)Nc2cc3c(cc2[C@@H](O)c2ccccc2)OCCO3)cc1. The van der Waals surface area contributed by atoms with E-state index < -0.39 is 16.1 Å². The van der Waals surface area contributed by atoms with Crippen LogP contribution in [0, 0.1) is 6.92 Å². The summed E-state index contributed by atoms with van der Waals surface area (Å²) in [4.78, 5) is 0.137. The van der Waals surface area contributed by atoms with E-state index in [2.05, 4.69) is 4.72 Å². The number of ether oxygens (including phenoxy) is 2. The third-order valence-electron chi connectivity index (χ3n) is 4.70. The number of benzene rings is 3. The standard InChI is InChI=1S/C22H21NO5S/c1-15-7-9-17(10-8-15)29(25,26)23-19-14-21-20(27-11-12-28-21)13-18(19)22(24)16-5-3-2-4-6-16/h2-10,13-14,22-24H,11-12H2,1H3/t22-/m0/s1. The summed E-state index contributed by atoms with van der Waals surface area (Å²) in [5.41, 5.74) is 2.23. The molecule has 0 saturated heterocycles. The molecular weight excluding hydrogens is 390 g/mol. The molecule has 0 saturated carbocycles. The van der Waals surface area contributed by atoms with Crippen molar-refractivity contribution in [2.75, 3.05) is 17.9 Å². The molecule has 3 aromatic carbocycles. The van der Waals surface area contributed by atoms with Gasteiger partial charge in [-0.25, -0.2) is 8.42 Å². The van der Waals surface area contributed by atoms with E-state index in [0.717, 1.165) is 5.56 Å². The topological polar surface area (TPSA) is 84.9 Å². The Labute approximate surface area is 169 Å². The van der Waals surface area contributed by atoms with Crippen LogP contribution in [0.15, 0.2) is 71.6 Å². The van der Waals surface area contributed by atoms with Gasteiger partial charge in [0, 0.05) is 11.6 Å². The van der Waals surface area contributed by atoms with Crippen LogP contribution in [0.25, 0.3) is 0 Å². The van der Waals surface area contributed by atoms with Gasteiger partial charge in [-0.15, -0.1) is 0 Å². The average Bonchev–Trinajstić information content (AvgIpc) is 2.73. The van der Waals surface area contributed by atoms with Gasteiger partial charge in [-0.05, 0) is 30.7 Å². The minimum atomic E-state index is -3.85. The molecule has 7 heteroatoms. The molecule has 1 aliphatic heterocycles. The summed E-state index contributed by atoms with van der Waals surface area (Å²) in [5, 5.41) is 10.9. The lowest BCUT2D eigenvalue weighted by Gasteiger charge is -2.23. The largest absolute Gasteiger partial charge is 0.486 e. The molecule has 150 valence electrons. The molecule has 4 rings (SSSR count). The third-order valence-corrected chi connectivity index (χ3v) is 6.08. The summed E-state index contributed by atoms with van der Waals surface area (Å²) in [6.45, 7) is 2.65. The molecule has 1 atom stereocenters. The van der Waals surface area contributed by atoms with Crippen molar-refractivity contribution in [3.8, 4) is 11.5 Å². The number of sulfonamides is 1. The Morgan fingerprint density at radius 2 is 1.55 bits per heavy atom. The van der Waals surface area contributed by atoms with Gasteiger partial charge in [-0.1, -0.05) is 48.0 Å². The predicted octanol–water partition coefficient (Wildman–Crippen LogP) is 3.65. The van der Waals surface area contributed by atoms with Crippen molar-refractivity contribution in [1.82, 2.24) is 0 Å². The van der Waals surface area contributed by atoms with Gasteiger partial charge in [0.15, 0.2) is 11.5 Å². The van der Waals surface area contributed by atoms with Gasteiger partial charge in [-0.2, -0.15) is 0 Å². The van der Waals surface area contributed by atoms with E-state index in [1.807, 2.05) is 25.1 Å². The molecule has 2 N–H and O–H groups in total. The molecule has 3 aromatic rings. The van der Waals surface area contributed by atoms with Gasteiger partial charge in [0.25, 0.3) is 10.0 Å². The van der Waals surface area contributed by atoms with Gasteiger partial charge in [-0.3, -0.25) is 4.72 Å². The minimum absolute atomic E-state index is 0.137. The van der Waals surface area contributed by atoms with E-state index in [-0.39, 0.29) is 10.6 Å². The Morgan fingerprint density at radius 1 is 0.931 bits per heavy atom. The number of aryl methyl sites for hydroxylation is 1. The zero-order chi connectivity index (χ0) is 20.4. The Balaban J connectivity index is 1.77. The number of aliphatic hydroxyl groups is 1. The summed E-state index contributed by atoms with van der Waals surface area (Å²) in [5.74, 6) is 0.904. The lowest BCUT2D eigenvalue weighted by Crippen LogP contribution is -2.19. The van der Waals surface area contributed by atoms with Crippen LogP contribution in [0.1, 0.15) is 22.8 Å². The van der Waals surface area contributed by atoms with Crippen molar-refractivity contribution in [3.63, 3.8) is 0 Å². The van der Waals surface area contributed by atoms with E-state index in [1.165, 1.54) is 0 Å².